The Kier molecular flexibility index (Phi) is 5.36. The van der Waals surface area contributed by atoms with Gasteiger partial charge in [-0.25, -0.2) is 0 Å². The maximum Gasteiger partial charge on any atom is 0.333 e. The summed E-state index contributed by atoms with van der Waals surface area (Å²) in [4.78, 5) is 0. The molecule has 2 bridgehead atoms. The average Bonchev–Trinajstić information content (AvgIpc) is 3.08. The van der Waals surface area contributed by atoms with E-state index in [1.807, 2.05) is 0 Å². The van der Waals surface area contributed by atoms with Gasteiger partial charge < -0.3 is 27.4 Å². The zero-order chi connectivity index (χ0) is 16.9. The normalized spacial score (nSPS) is 46.0. The smallest absolute Gasteiger partial charge is 0.333 e. The van der Waals surface area contributed by atoms with Crippen LogP contribution in [0.4, 0.5) is 0 Å². The molecule has 4 fully saturated rings. The summed E-state index contributed by atoms with van der Waals surface area (Å²) in [5.41, 5.74) is -0.227. The molecule has 4 saturated heterocycles. The summed E-state index contributed by atoms with van der Waals surface area (Å²) in [7, 11) is -1.31. The van der Waals surface area contributed by atoms with Crippen LogP contribution in [0.5, 0.6) is 0 Å². The van der Waals surface area contributed by atoms with Gasteiger partial charge in [0.05, 0.1) is 19.8 Å². The van der Waals surface area contributed by atoms with Crippen LogP contribution in [0.2, 0.25) is 0 Å². The van der Waals surface area contributed by atoms with Gasteiger partial charge in [0.25, 0.3) is 0 Å². The Hall–Kier alpha value is 1.15. The van der Waals surface area contributed by atoms with E-state index < -0.39 is 15.3 Å². The Bertz CT molecular complexity index is 522. The topological polar surface area (TPSA) is 64.6 Å². The zero-order valence-corrected chi connectivity index (χ0v) is 17.2. The molecule has 0 aromatic carbocycles. The van der Waals surface area contributed by atoms with Gasteiger partial charge in [-0.15, -0.1) is 11.8 Å². The van der Waals surface area contributed by atoms with Crippen molar-refractivity contribution in [1.29, 1.82) is 0 Å². The Morgan fingerprint density at radius 2 is 2.00 bits per heavy atom. The molecule has 0 aliphatic carbocycles. The Morgan fingerprint density at radius 1 is 1.25 bits per heavy atom. The summed E-state index contributed by atoms with van der Waals surface area (Å²) in [6.07, 6.45) is -0.911. The third-order valence-corrected chi connectivity index (χ3v) is 8.70. The average molecular weight is 416 g/mol. The second-order valence-electron chi connectivity index (χ2n) is 6.89. The Labute approximate surface area is 152 Å². The van der Waals surface area contributed by atoms with E-state index in [4.69, 9.17) is 43.7 Å². The minimum atomic E-state index is -2.80. The highest BCUT2D eigenvalue weighted by atomic mass is 32.5. The first-order chi connectivity index (χ1) is 11.4. The number of ether oxygens (including phenoxy) is 1. The van der Waals surface area contributed by atoms with Crippen LogP contribution < -0.4 is 0 Å². The summed E-state index contributed by atoms with van der Waals surface area (Å²) in [6.45, 7) is 4.99. The van der Waals surface area contributed by atoms with Crippen molar-refractivity contribution in [2.75, 3.05) is 25.6 Å². The van der Waals surface area contributed by atoms with E-state index in [9.17, 15) is 0 Å². The predicted octanol–water partition coefficient (Wildman–Crippen LogP) is 3.19. The van der Waals surface area contributed by atoms with Crippen molar-refractivity contribution >= 4 is 38.9 Å². The van der Waals surface area contributed by atoms with Crippen molar-refractivity contribution in [2.24, 2.45) is 5.41 Å². The van der Waals surface area contributed by atoms with Crippen molar-refractivity contribution in [2.45, 2.75) is 50.6 Å². The van der Waals surface area contributed by atoms with Crippen molar-refractivity contribution in [3.63, 3.8) is 0 Å². The van der Waals surface area contributed by atoms with Crippen LogP contribution in [0.3, 0.4) is 0 Å². The standard InChI is InChI=1S/C13H22O7P2S2/c1-4-24-12-11(20-22(23)15-6-13(2,3)7-16-22)10-9(17-12)8-5-14-21(18-8)19-10/h8-12H,4-7H2,1-3H3/t8-,9-,10+,11-,12-,21?/m1/s1. The molecule has 24 heavy (non-hydrogen) atoms. The molecular weight excluding hydrogens is 394 g/mol. The molecule has 0 radical (unpaired) electrons. The van der Waals surface area contributed by atoms with Gasteiger partial charge in [-0.1, -0.05) is 20.8 Å². The van der Waals surface area contributed by atoms with Crippen LogP contribution in [0, 0.1) is 5.41 Å². The van der Waals surface area contributed by atoms with Gasteiger partial charge in [0.2, 0.25) is 0 Å². The monoisotopic (exact) mass is 416 g/mol. The molecule has 0 aromatic rings. The van der Waals surface area contributed by atoms with Crippen LogP contribution in [0.25, 0.3) is 0 Å². The fourth-order valence-corrected chi connectivity index (χ4v) is 7.54. The number of rotatable bonds is 4. The third-order valence-electron chi connectivity index (χ3n) is 4.16. The van der Waals surface area contributed by atoms with Crippen LogP contribution in [0.1, 0.15) is 20.8 Å². The fourth-order valence-electron chi connectivity index (χ4n) is 2.89. The lowest BCUT2D eigenvalue weighted by molar-refractivity contribution is -0.0510. The SMILES string of the molecule is CCS[C@H]1O[C@H]2[C@H](OP3OC[C@H]2O3)[C@H]1OP1(=S)OCC(C)(C)CO1. The maximum absolute atomic E-state index is 6.20. The van der Waals surface area contributed by atoms with Crippen molar-refractivity contribution in [3.8, 4) is 0 Å². The molecule has 11 heteroatoms. The van der Waals surface area contributed by atoms with Crippen molar-refractivity contribution in [1.82, 2.24) is 0 Å². The molecule has 4 heterocycles. The van der Waals surface area contributed by atoms with Gasteiger partial charge in [0.15, 0.2) is 0 Å². The predicted molar refractivity (Wildman–Crippen MR) is 94.3 cm³/mol. The summed E-state index contributed by atoms with van der Waals surface area (Å²) in [5, 5.41) is 0. The molecule has 6 atom stereocenters. The molecule has 4 rings (SSSR count). The fraction of sp³-hybridized carbons (Fsp3) is 1.00. The molecule has 4 aliphatic heterocycles. The highest BCUT2D eigenvalue weighted by molar-refractivity contribution is 8.07. The second-order valence-corrected chi connectivity index (χ2v) is 12.4. The van der Waals surface area contributed by atoms with Gasteiger partial charge in [0, 0.05) is 5.41 Å². The van der Waals surface area contributed by atoms with E-state index >= 15 is 0 Å². The lowest BCUT2D eigenvalue weighted by atomic mass is 9.97. The molecule has 0 aromatic heterocycles. The highest BCUT2D eigenvalue weighted by Gasteiger charge is 2.59. The van der Waals surface area contributed by atoms with Crippen LogP contribution in [0.15, 0.2) is 0 Å². The summed E-state index contributed by atoms with van der Waals surface area (Å²) in [6, 6.07) is 0. The van der Waals surface area contributed by atoms with Crippen molar-refractivity contribution < 1.29 is 31.9 Å². The third kappa shape index (κ3) is 3.60. The molecule has 1 unspecified atom stereocenters. The Morgan fingerprint density at radius 3 is 2.71 bits per heavy atom. The molecule has 0 saturated carbocycles. The van der Waals surface area contributed by atoms with Crippen LogP contribution in [-0.4, -0.2) is 55.4 Å². The van der Waals surface area contributed by atoms with E-state index in [0.717, 1.165) is 5.75 Å². The minimum Gasteiger partial charge on any atom is -0.356 e. The van der Waals surface area contributed by atoms with E-state index in [2.05, 4.69) is 20.8 Å². The van der Waals surface area contributed by atoms with Gasteiger partial charge >= 0.3 is 15.3 Å². The molecule has 0 amide bonds. The molecule has 7 nitrogen and oxygen atoms in total. The van der Waals surface area contributed by atoms with Gasteiger partial charge in [-0.2, -0.15) is 0 Å². The van der Waals surface area contributed by atoms with Gasteiger partial charge in [-0.05, 0) is 17.6 Å². The van der Waals surface area contributed by atoms with Crippen LogP contribution in [-0.2, 0) is 43.7 Å². The number of hydrogen-bond acceptors (Lipinski definition) is 9. The number of thioether (sulfide) groups is 1. The first-order valence-electron chi connectivity index (χ1n) is 8.00. The molecule has 0 spiro atoms. The van der Waals surface area contributed by atoms with E-state index in [1.165, 1.54) is 0 Å². The highest BCUT2D eigenvalue weighted by Crippen LogP contribution is 2.61. The molecule has 4 aliphatic rings. The maximum atomic E-state index is 6.20. The summed E-state index contributed by atoms with van der Waals surface area (Å²) < 4.78 is 41.1. The van der Waals surface area contributed by atoms with Gasteiger partial charge in [-0.3, -0.25) is 4.52 Å². The zero-order valence-electron chi connectivity index (χ0n) is 13.8. The quantitative estimate of drug-likeness (QED) is 0.643. The number of fused-ring (bicyclic) bond motifs is 4. The summed E-state index contributed by atoms with van der Waals surface area (Å²) >= 11 is 7.24. The van der Waals surface area contributed by atoms with Gasteiger partial charge in [0.1, 0.15) is 29.9 Å². The van der Waals surface area contributed by atoms with E-state index in [0.29, 0.717) is 19.8 Å². The minimum absolute atomic E-state index is 0.0523. The number of hydrogen-bond donors (Lipinski definition) is 0. The second kappa shape index (κ2) is 6.95. The first-order valence-corrected chi connectivity index (χ1v) is 12.7. The lowest BCUT2D eigenvalue weighted by Crippen LogP contribution is -2.43. The molecule has 0 N–H and O–H groups in total. The first kappa shape index (κ1) is 18.5. The van der Waals surface area contributed by atoms with Crippen LogP contribution >= 0.6 is 27.1 Å². The largest absolute Gasteiger partial charge is 0.356 e. The van der Waals surface area contributed by atoms with E-state index in [-0.39, 0.29) is 35.3 Å². The Balaban J connectivity index is 1.50. The lowest BCUT2D eigenvalue weighted by Gasteiger charge is -2.38. The van der Waals surface area contributed by atoms with Crippen molar-refractivity contribution in [3.05, 3.63) is 0 Å². The molecule has 138 valence electrons. The van der Waals surface area contributed by atoms with E-state index in [1.54, 1.807) is 11.8 Å². The molecular formula is C13H22O7P2S2. The summed E-state index contributed by atoms with van der Waals surface area (Å²) in [5.74, 6) is 0.901.